The Kier molecular flexibility index (Phi) is 6.41. The minimum Gasteiger partial charge on any atom is -0.341 e. The highest BCUT2D eigenvalue weighted by Crippen LogP contribution is 2.31. The van der Waals surface area contributed by atoms with Crippen molar-refractivity contribution >= 4 is 17.8 Å². The van der Waals surface area contributed by atoms with Crippen molar-refractivity contribution in [2.75, 3.05) is 19.6 Å². The Bertz CT molecular complexity index is 772. The monoisotopic (exact) mass is 395 g/mol. The number of rotatable bonds is 7. The number of carbonyl (C=O) groups is 3. The van der Waals surface area contributed by atoms with Crippen LogP contribution in [0.15, 0.2) is 18.2 Å². The van der Waals surface area contributed by atoms with Gasteiger partial charge in [0.15, 0.2) is 0 Å². The normalized spacial score (nSPS) is 19.5. The topological polar surface area (TPSA) is 69.7 Å². The maximum absolute atomic E-state index is 14.2. The van der Waals surface area contributed by atoms with Crippen molar-refractivity contribution in [1.29, 1.82) is 0 Å². The van der Waals surface area contributed by atoms with Gasteiger partial charge >= 0.3 is 6.03 Å². The van der Waals surface area contributed by atoms with E-state index in [0.717, 1.165) is 23.1 Å². The molecule has 1 heterocycles. The maximum Gasteiger partial charge on any atom is 0.325 e. The van der Waals surface area contributed by atoms with E-state index < -0.39 is 35.7 Å². The second kappa shape index (κ2) is 8.24. The summed E-state index contributed by atoms with van der Waals surface area (Å²) in [7, 11) is 0. The summed E-state index contributed by atoms with van der Waals surface area (Å²) >= 11 is 0. The summed E-state index contributed by atoms with van der Waals surface area (Å²) in [5, 5.41) is 2.40. The molecule has 1 fully saturated rings. The second-order valence-electron chi connectivity index (χ2n) is 8.16. The summed E-state index contributed by atoms with van der Waals surface area (Å²) in [6.07, 6.45) is 0. The van der Waals surface area contributed by atoms with Gasteiger partial charge < -0.3 is 10.2 Å². The lowest BCUT2D eigenvalue weighted by atomic mass is 9.91. The van der Waals surface area contributed by atoms with Crippen LogP contribution in [-0.2, 0) is 15.1 Å². The zero-order valence-corrected chi connectivity index (χ0v) is 16.9. The van der Waals surface area contributed by atoms with Gasteiger partial charge in [0.05, 0.1) is 0 Å². The lowest BCUT2D eigenvalue weighted by Crippen LogP contribution is -2.46. The Morgan fingerprint density at radius 2 is 1.71 bits per heavy atom. The average molecular weight is 395 g/mol. The van der Waals surface area contributed by atoms with Gasteiger partial charge in [0.1, 0.15) is 23.7 Å². The van der Waals surface area contributed by atoms with Gasteiger partial charge in [0.2, 0.25) is 5.91 Å². The molecule has 1 atom stereocenters. The Labute approximate surface area is 163 Å². The van der Waals surface area contributed by atoms with Crippen LogP contribution in [0.1, 0.15) is 40.2 Å². The zero-order valence-electron chi connectivity index (χ0n) is 16.9. The number of amides is 4. The highest BCUT2D eigenvalue weighted by Gasteiger charge is 2.51. The third-order valence-corrected chi connectivity index (χ3v) is 4.56. The number of hydrogen-bond donors (Lipinski definition) is 1. The lowest BCUT2D eigenvalue weighted by molar-refractivity contribution is -0.139. The van der Waals surface area contributed by atoms with Crippen molar-refractivity contribution in [2.45, 2.75) is 40.2 Å². The SMILES string of the molecule is CC(C)CN(CC(C)C)C(=O)CN1C(=O)N[C@@](C)(c2cc(F)ccc2F)C1=O. The van der Waals surface area contributed by atoms with Crippen molar-refractivity contribution in [2.24, 2.45) is 11.8 Å². The van der Waals surface area contributed by atoms with Crippen LogP contribution in [0.3, 0.4) is 0 Å². The van der Waals surface area contributed by atoms with Gasteiger partial charge in [0, 0.05) is 18.7 Å². The Hall–Kier alpha value is -2.51. The highest BCUT2D eigenvalue weighted by molar-refractivity contribution is 6.09. The Balaban J connectivity index is 2.25. The fraction of sp³-hybridized carbons (Fsp3) is 0.550. The fourth-order valence-corrected chi connectivity index (χ4v) is 3.30. The van der Waals surface area contributed by atoms with E-state index in [1.807, 2.05) is 27.7 Å². The summed E-state index contributed by atoms with van der Waals surface area (Å²) in [5.41, 5.74) is -2.05. The first kappa shape index (κ1) is 21.8. The van der Waals surface area contributed by atoms with E-state index in [2.05, 4.69) is 5.32 Å². The number of hydrogen-bond acceptors (Lipinski definition) is 3. The van der Waals surface area contributed by atoms with Gasteiger partial charge in [-0.2, -0.15) is 0 Å². The van der Waals surface area contributed by atoms with Crippen molar-refractivity contribution in [1.82, 2.24) is 15.1 Å². The largest absolute Gasteiger partial charge is 0.341 e. The average Bonchev–Trinajstić information content (AvgIpc) is 2.79. The molecule has 0 aromatic heterocycles. The predicted molar refractivity (Wildman–Crippen MR) is 100 cm³/mol. The quantitative estimate of drug-likeness (QED) is 0.722. The molecule has 1 N–H and O–H groups in total. The van der Waals surface area contributed by atoms with Crippen LogP contribution in [-0.4, -0.2) is 47.3 Å². The molecule has 1 aliphatic heterocycles. The van der Waals surface area contributed by atoms with E-state index >= 15 is 0 Å². The summed E-state index contributed by atoms with van der Waals surface area (Å²) < 4.78 is 27.8. The van der Waals surface area contributed by atoms with E-state index in [1.165, 1.54) is 6.92 Å². The second-order valence-corrected chi connectivity index (χ2v) is 8.16. The van der Waals surface area contributed by atoms with Gasteiger partial charge in [-0.25, -0.2) is 13.6 Å². The van der Waals surface area contributed by atoms with E-state index in [9.17, 15) is 23.2 Å². The smallest absolute Gasteiger partial charge is 0.325 e. The van der Waals surface area contributed by atoms with Gasteiger partial charge in [-0.3, -0.25) is 14.5 Å². The molecule has 1 aliphatic rings. The lowest BCUT2D eigenvalue weighted by Gasteiger charge is -2.28. The molecule has 1 aromatic carbocycles. The fourth-order valence-electron chi connectivity index (χ4n) is 3.30. The first-order valence-corrected chi connectivity index (χ1v) is 9.33. The maximum atomic E-state index is 14.2. The van der Waals surface area contributed by atoms with Gasteiger partial charge in [-0.1, -0.05) is 27.7 Å². The molecule has 154 valence electrons. The van der Waals surface area contributed by atoms with E-state index in [-0.39, 0.29) is 23.3 Å². The van der Waals surface area contributed by atoms with Crippen molar-refractivity contribution < 1.29 is 23.2 Å². The summed E-state index contributed by atoms with van der Waals surface area (Å²) in [5.74, 6) is -2.25. The number of urea groups is 1. The van der Waals surface area contributed by atoms with E-state index in [4.69, 9.17) is 0 Å². The van der Waals surface area contributed by atoms with Crippen LogP contribution in [0, 0.1) is 23.5 Å². The summed E-state index contributed by atoms with van der Waals surface area (Å²) in [6, 6.07) is 1.90. The van der Waals surface area contributed by atoms with Crippen LogP contribution in [0.2, 0.25) is 0 Å². The molecule has 1 aromatic rings. The molecule has 0 saturated carbocycles. The molecule has 4 amide bonds. The number of nitrogens with one attached hydrogen (secondary N) is 1. The Morgan fingerprint density at radius 3 is 2.25 bits per heavy atom. The first-order chi connectivity index (χ1) is 13.0. The van der Waals surface area contributed by atoms with Gasteiger partial charge in [-0.05, 0) is 37.0 Å². The minimum absolute atomic E-state index is 0.220. The zero-order chi connectivity index (χ0) is 21.2. The van der Waals surface area contributed by atoms with E-state index in [0.29, 0.717) is 13.1 Å². The molecule has 1 saturated heterocycles. The van der Waals surface area contributed by atoms with Crippen LogP contribution in [0.25, 0.3) is 0 Å². The number of halogens is 2. The Morgan fingerprint density at radius 1 is 1.14 bits per heavy atom. The van der Waals surface area contributed by atoms with Crippen molar-refractivity contribution in [3.63, 3.8) is 0 Å². The molecule has 2 rings (SSSR count). The number of benzene rings is 1. The first-order valence-electron chi connectivity index (χ1n) is 9.33. The molecular formula is C20H27F2N3O3. The van der Waals surface area contributed by atoms with Crippen molar-refractivity contribution in [3.05, 3.63) is 35.4 Å². The van der Waals surface area contributed by atoms with Crippen LogP contribution in [0.4, 0.5) is 13.6 Å². The van der Waals surface area contributed by atoms with Gasteiger partial charge in [0.25, 0.3) is 5.91 Å². The van der Waals surface area contributed by atoms with Crippen LogP contribution in [0.5, 0.6) is 0 Å². The third kappa shape index (κ3) is 4.48. The molecule has 0 aliphatic carbocycles. The van der Waals surface area contributed by atoms with Crippen molar-refractivity contribution in [3.8, 4) is 0 Å². The van der Waals surface area contributed by atoms with Gasteiger partial charge in [-0.15, -0.1) is 0 Å². The number of imide groups is 1. The molecule has 0 bridgehead atoms. The van der Waals surface area contributed by atoms with Crippen LogP contribution < -0.4 is 5.32 Å². The van der Waals surface area contributed by atoms with Crippen LogP contribution >= 0.6 is 0 Å². The number of carbonyl (C=O) groups excluding carboxylic acids is 3. The summed E-state index contributed by atoms with van der Waals surface area (Å²) in [6.45, 7) is 9.73. The summed E-state index contributed by atoms with van der Waals surface area (Å²) in [4.78, 5) is 40.4. The highest BCUT2D eigenvalue weighted by atomic mass is 19.1. The minimum atomic E-state index is -1.77. The standard InChI is InChI=1S/C20H27F2N3O3/c1-12(2)9-24(10-13(3)4)17(26)11-25-18(27)20(5,23-19(25)28)15-8-14(21)6-7-16(15)22/h6-8,12-13H,9-11H2,1-5H3,(H,23,28)/t20-/m0/s1. The molecular weight excluding hydrogens is 368 g/mol. The third-order valence-electron chi connectivity index (χ3n) is 4.56. The number of nitrogens with zero attached hydrogens (tertiary/aromatic N) is 2. The predicted octanol–water partition coefficient (Wildman–Crippen LogP) is 2.87. The molecule has 0 spiro atoms. The molecule has 28 heavy (non-hydrogen) atoms. The molecule has 6 nitrogen and oxygen atoms in total. The molecule has 0 radical (unpaired) electrons. The molecule has 0 unspecified atom stereocenters. The van der Waals surface area contributed by atoms with E-state index in [1.54, 1.807) is 4.90 Å². The molecule has 8 heteroatoms.